The summed E-state index contributed by atoms with van der Waals surface area (Å²) < 4.78 is 64.0. The highest BCUT2D eigenvalue weighted by atomic mass is 35.5. The molecule has 2 aromatic carbocycles. The predicted octanol–water partition coefficient (Wildman–Crippen LogP) is 3.26. The fraction of sp³-hybridized carbons (Fsp3) is 0.263. The minimum absolute atomic E-state index is 0.0744. The third-order valence-corrected chi connectivity index (χ3v) is 7.37. The first-order valence-electron chi connectivity index (χ1n) is 8.79. The molecule has 0 spiro atoms. The summed E-state index contributed by atoms with van der Waals surface area (Å²) in [6, 6.07) is 8.78. The van der Waals surface area contributed by atoms with Gasteiger partial charge in [0.25, 0.3) is 5.91 Å². The van der Waals surface area contributed by atoms with Crippen molar-refractivity contribution in [1.82, 2.24) is 5.32 Å². The van der Waals surface area contributed by atoms with Gasteiger partial charge in [-0.3, -0.25) is 9.59 Å². The molecule has 0 bridgehead atoms. The zero-order chi connectivity index (χ0) is 24.3. The molecule has 0 aliphatic rings. The lowest BCUT2D eigenvalue weighted by Gasteiger charge is -2.25. The Balaban J connectivity index is 2.23. The van der Waals surface area contributed by atoms with E-state index in [0.29, 0.717) is 4.90 Å². The van der Waals surface area contributed by atoms with Crippen LogP contribution < -0.4 is 10.6 Å². The van der Waals surface area contributed by atoms with Crippen LogP contribution in [0.15, 0.2) is 57.2 Å². The Kier molecular flexibility index (Phi) is 7.87. The van der Waals surface area contributed by atoms with Crippen LogP contribution in [0, 0.1) is 0 Å². The molecule has 0 heterocycles. The Bertz CT molecular complexity index is 1120. The van der Waals surface area contributed by atoms with E-state index in [1.807, 2.05) is 5.32 Å². The van der Waals surface area contributed by atoms with E-state index in [2.05, 4.69) is 5.32 Å². The maximum Gasteiger partial charge on any atom is 0.426 e. The molecule has 1 unspecified atom stereocenters. The van der Waals surface area contributed by atoms with E-state index in [1.165, 1.54) is 43.1 Å². The van der Waals surface area contributed by atoms with Gasteiger partial charge in [0, 0.05) is 11.9 Å². The van der Waals surface area contributed by atoms with E-state index in [0.717, 1.165) is 18.2 Å². The summed E-state index contributed by atoms with van der Waals surface area (Å²) in [5.41, 5.74) is -3.97. The molecule has 0 aromatic heterocycles. The third kappa shape index (κ3) is 5.74. The number of halogens is 4. The van der Waals surface area contributed by atoms with Gasteiger partial charge in [0.2, 0.25) is 21.3 Å². The fourth-order valence-corrected chi connectivity index (χ4v) is 4.56. The Morgan fingerprint density at radius 1 is 1.09 bits per heavy atom. The first kappa shape index (κ1) is 26.0. The number of benzene rings is 2. The van der Waals surface area contributed by atoms with Gasteiger partial charge in [0.05, 0.1) is 26.3 Å². The predicted molar refractivity (Wildman–Crippen MR) is 113 cm³/mol. The van der Waals surface area contributed by atoms with Crippen LogP contribution in [0.25, 0.3) is 0 Å². The number of aliphatic hydroxyl groups is 1. The lowest BCUT2D eigenvalue weighted by molar-refractivity contribution is -0.242. The van der Waals surface area contributed by atoms with E-state index in [9.17, 15) is 36.3 Å². The largest absolute Gasteiger partial charge is 0.426 e. The zero-order valence-electron chi connectivity index (χ0n) is 16.7. The molecule has 174 valence electrons. The number of hydrogen-bond donors (Lipinski definition) is 3. The topological polar surface area (TPSA) is 113 Å². The molecule has 0 aliphatic heterocycles. The molecule has 2 amide bonds. The number of alkyl halides is 3. The summed E-state index contributed by atoms with van der Waals surface area (Å²) in [6.45, 7) is 0.283. The van der Waals surface area contributed by atoms with Gasteiger partial charge in [-0.25, -0.2) is 8.42 Å². The number of carbonyl (C=O) groups excluding carboxylic acids is 2. The SMILES string of the molecule is CNC(=O)CSc1ccc(S(=O)(=O)c2ccc(NC(=O)C(C)(O)C(F)(F)F)c(Cl)c2)cc1. The zero-order valence-corrected chi connectivity index (χ0v) is 19.0. The fourth-order valence-electron chi connectivity index (χ4n) is 2.21. The van der Waals surface area contributed by atoms with Gasteiger partial charge in [-0.05, 0) is 49.4 Å². The van der Waals surface area contributed by atoms with E-state index in [4.69, 9.17) is 11.6 Å². The highest BCUT2D eigenvalue weighted by Crippen LogP contribution is 2.33. The summed E-state index contributed by atoms with van der Waals surface area (Å²) in [5.74, 6) is -1.80. The van der Waals surface area contributed by atoms with Crippen LogP contribution in [0.4, 0.5) is 18.9 Å². The number of anilines is 1. The minimum atomic E-state index is -5.22. The number of amides is 2. The Labute approximate surface area is 191 Å². The van der Waals surface area contributed by atoms with E-state index < -0.39 is 27.5 Å². The van der Waals surface area contributed by atoms with Crippen molar-refractivity contribution in [3.63, 3.8) is 0 Å². The average Bonchev–Trinajstić information content (AvgIpc) is 2.72. The van der Waals surface area contributed by atoms with Gasteiger partial charge in [-0.15, -0.1) is 11.8 Å². The first-order chi connectivity index (χ1) is 14.7. The molecule has 3 N–H and O–H groups in total. The van der Waals surface area contributed by atoms with Gasteiger partial charge in [0.15, 0.2) is 0 Å². The minimum Gasteiger partial charge on any atom is -0.373 e. The monoisotopic (exact) mass is 510 g/mol. The van der Waals surface area contributed by atoms with Crippen molar-refractivity contribution in [2.45, 2.75) is 33.4 Å². The molecule has 0 aliphatic carbocycles. The van der Waals surface area contributed by atoms with E-state index in [1.54, 1.807) is 0 Å². The Morgan fingerprint density at radius 3 is 2.16 bits per heavy atom. The van der Waals surface area contributed by atoms with Gasteiger partial charge in [0.1, 0.15) is 0 Å². The molecule has 7 nitrogen and oxygen atoms in total. The van der Waals surface area contributed by atoms with Gasteiger partial charge in [-0.1, -0.05) is 11.6 Å². The highest BCUT2D eigenvalue weighted by molar-refractivity contribution is 8.00. The quantitative estimate of drug-likeness (QED) is 0.493. The number of hydrogen-bond acceptors (Lipinski definition) is 6. The van der Waals surface area contributed by atoms with Gasteiger partial charge in [-0.2, -0.15) is 13.2 Å². The van der Waals surface area contributed by atoms with Gasteiger partial charge >= 0.3 is 6.18 Å². The number of rotatable bonds is 7. The Hall–Kier alpha value is -2.28. The maximum atomic E-state index is 12.8. The number of nitrogens with one attached hydrogen (secondary N) is 2. The van der Waals surface area contributed by atoms with Crippen molar-refractivity contribution in [2.24, 2.45) is 0 Å². The van der Waals surface area contributed by atoms with Crippen molar-refractivity contribution >= 4 is 50.7 Å². The van der Waals surface area contributed by atoms with Crippen LogP contribution in [0.2, 0.25) is 5.02 Å². The van der Waals surface area contributed by atoms with Crippen LogP contribution in [0.5, 0.6) is 0 Å². The maximum absolute atomic E-state index is 12.8. The van der Waals surface area contributed by atoms with E-state index in [-0.39, 0.29) is 39.1 Å². The number of sulfone groups is 1. The molecular formula is C19H18ClF3N2O5S2. The smallest absolute Gasteiger partial charge is 0.373 e. The molecular weight excluding hydrogens is 493 g/mol. The van der Waals surface area contributed by atoms with Crippen molar-refractivity contribution in [3.05, 3.63) is 47.5 Å². The lowest BCUT2D eigenvalue weighted by Crippen LogP contribution is -2.52. The molecule has 0 radical (unpaired) electrons. The third-order valence-electron chi connectivity index (χ3n) is 4.28. The molecule has 2 aromatic rings. The van der Waals surface area contributed by atoms with Crippen LogP contribution >= 0.6 is 23.4 Å². The van der Waals surface area contributed by atoms with Crippen LogP contribution in [-0.4, -0.2) is 49.9 Å². The molecule has 0 fully saturated rings. The standard InChI is InChI=1S/C19H18ClF3N2O5S2/c1-18(28,19(21,22)23)17(27)25-15-8-7-13(9-14(15)20)32(29,30)12-5-3-11(4-6-12)31-10-16(26)24-2/h3-9,28H,10H2,1-2H3,(H,24,26)(H,25,27). The summed E-state index contributed by atoms with van der Waals surface area (Å²) in [5, 5.41) is 13.4. The first-order valence-corrected chi connectivity index (χ1v) is 11.6. The summed E-state index contributed by atoms with van der Waals surface area (Å²) >= 11 is 7.17. The van der Waals surface area contributed by atoms with Crippen molar-refractivity contribution in [2.75, 3.05) is 18.1 Å². The average molecular weight is 511 g/mol. The molecule has 13 heteroatoms. The second kappa shape index (κ2) is 9.69. The lowest BCUT2D eigenvalue weighted by atomic mass is 10.1. The van der Waals surface area contributed by atoms with Crippen molar-refractivity contribution in [3.8, 4) is 0 Å². The van der Waals surface area contributed by atoms with Crippen LogP contribution in [0.1, 0.15) is 6.92 Å². The molecule has 0 saturated carbocycles. The van der Waals surface area contributed by atoms with Crippen LogP contribution in [0.3, 0.4) is 0 Å². The van der Waals surface area contributed by atoms with Crippen LogP contribution in [-0.2, 0) is 19.4 Å². The summed E-state index contributed by atoms with van der Waals surface area (Å²) in [6.07, 6.45) is -5.22. The second-order valence-electron chi connectivity index (χ2n) is 6.60. The molecule has 2 rings (SSSR count). The number of thioether (sulfide) groups is 1. The molecule has 0 saturated heterocycles. The summed E-state index contributed by atoms with van der Waals surface area (Å²) in [7, 11) is -2.53. The highest BCUT2D eigenvalue weighted by Gasteiger charge is 2.55. The number of carbonyl (C=O) groups is 2. The molecule has 32 heavy (non-hydrogen) atoms. The van der Waals surface area contributed by atoms with Gasteiger partial charge < -0.3 is 15.7 Å². The normalized spacial score (nSPS) is 13.8. The van der Waals surface area contributed by atoms with Crippen molar-refractivity contribution in [1.29, 1.82) is 0 Å². The van der Waals surface area contributed by atoms with Crippen molar-refractivity contribution < 1.29 is 36.3 Å². The Morgan fingerprint density at radius 2 is 1.66 bits per heavy atom. The second-order valence-corrected chi connectivity index (χ2v) is 10.0. The summed E-state index contributed by atoms with van der Waals surface area (Å²) in [4.78, 5) is 23.4. The van der Waals surface area contributed by atoms with E-state index >= 15 is 0 Å². The molecule has 1 atom stereocenters.